The Bertz CT molecular complexity index is 1020. The number of carboxylic acid groups (broad SMARTS) is 1. The minimum Gasteiger partial charge on any atom is -0.481 e. The number of rotatable bonds is 11. The predicted octanol–water partition coefficient (Wildman–Crippen LogP) is 4.08. The molecule has 0 saturated carbocycles. The topological polar surface area (TPSA) is 114 Å². The van der Waals surface area contributed by atoms with E-state index in [9.17, 15) is 14.4 Å². The highest BCUT2D eigenvalue weighted by atomic mass is 16.5. The van der Waals surface area contributed by atoms with E-state index in [1.165, 1.54) is 7.11 Å². The number of aliphatic carboxylic acids is 1. The number of methoxy groups -OCH3 is 1. The van der Waals surface area contributed by atoms with Gasteiger partial charge in [-0.1, -0.05) is 55.5 Å². The van der Waals surface area contributed by atoms with E-state index in [1.807, 2.05) is 36.4 Å². The molecule has 1 aliphatic rings. The molecule has 0 bridgehead atoms. The third kappa shape index (κ3) is 6.60. The number of alkyl carbamates (subject to hydrolysis) is 1. The Kier molecular flexibility index (Phi) is 8.51. The summed E-state index contributed by atoms with van der Waals surface area (Å²) in [6.07, 6.45) is -0.287. The molecular formula is C27H34N2O6. The molecule has 3 N–H and O–H groups in total. The minimum atomic E-state index is -1.00. The molecule has 188 valence electrons. The maximum Gasteiger partial charge on any atom is 0.407 e. The Morgan fingerprint density at radius 1 is 1.00 bits per heavy atom. The first-order valence-corrected chi connectivity index (χ1v) is 11.8. The first kappa shape index (κ1) is 26.2. The van der Waals surface area contributed by atoms with Crippen LogP contribution in [0.5, 0.6) is 0 Å². The number of hydrogen-bond donors (Lipinski definition) is 3. The summed E-state index contributed by atoms with van der Waals surface area (Å²) in [5, 5.41) is 14.5. The second-order valence-electron chi connectivity index (χ2n) is 9.40. The van der Waals surface area contributed by atoms with Gasteiger partial charge in [0.2, 0.25) is 5.91 Å². The SMILES string of the molecule is CCC(CC(=O)O)NC(=O)C(CC(C)(C)OC)NC(=O)OCC1c2ccccc2-c2ccccc21. The Labute approximate surface area is 206 Å². The van der Waals surface area contributed by atoms with Crippen molar-refractivity contribution in [2.45, 2.75) is 63.6 Å². The van der Waals surface area contributed by atoms with Crippen molar-refractivity contribution >= 4 is 18.0 Å². The van der Waals surface area contributed by atoms with Crippen molar-refractivity contribution < 1.29 is 29.0 Å². The van der Waals surface area contributed by atoms with Gasteiger partial charge in [0.15, 0.2) is 0 Å². The molecule has 8 heteroatoms. The van der Waals surface area contributed by atoms with Gasteiger partial charge in [0, 0.05) is 25.5 Å². The normalized spacial score (nSPS) is 14.4. The summed E-state index contributed by atoms with van der Waals surface area (Å²) in [6.45, 7) is 5.53. The van der Waals surface area contributed by atoms with Crippen LogP contribution in [0.3, 0.4) is 0 Å². The average molecular weight is 483 g/mol. The van der Waals surface area contributed by atoms with Gasteiger partial charge in [0.1, 0.15) is 12.6 Å². The number of carbonyl (C=O) groups excluding carboxylic acids is 2. The summed E-state index contributed by atoms with van der Waals surface area (Å²) in [5.41, 5.74) is 3.74. The van der Waals surface area contributed by atoms with Crippen LogP contribution in [-0.2, 0) is 19.1 Å². The van der Waals surface area contributed by atoms with Gasteiger partial charge in [0.25, 0.3) is 0 Å². The van der Waals surface area contributed by atoms with Gasteiger partial charge in [-0.3, -0.25) is 9.59 Å². The van der Waals surface area contributed by atoms with E-state index >= 15 is 0 Å². The van der Waals surface area contributed by atoms with E-state index in [-0.39, 0.29) is 25.4 Å². The van der Waals surface area contributed by atoms with Gasteiger partial charge in [-0.2, -0.15) is 0 Å². The number of fused-ring (bicyclic) bond motifs is 3. The zero-order chi connectivity index (χ0) is 25.6. The zero-order valence-electron chi connectivity index (χ0n) is 20.7. The van der Waals surface area contributed by atoms with Crippen LogP contribution in [0, 0.1) is 0 Å². The minimum absolute atomic E-state index is 0.101. The van der Waals surface area contributed by atoms with E-state index in [2.05, 4.69) is 22.8 Å². The fourth-order valence-electron chi connectivity index (χ4n) is 4.38. The number of carbonyl (C=O) groups is 3. The quantitative estimate of drug-likeness (QED) is 0.445. The molecule has 0 spiro atoms. The van der Waals surface area contributed by atoms with Crippen LogP contribution in [0.25, 0.3) is 11.1 Å². The van der Waals surface area contributed by atoms with Crippen molar-refractivity contribution in [3.8, 4) is 11.1 Å². The molecule has 8 nitrogen and oxygen atoms in total. The van der Waals surface area contributed by atoms with Crippen molar-refractivity contribution in [2.75, 3.05) is 13.7 Å². The number of carboxylic acids is 1. The van der Waals surface area contributed by atoms with Gasteiger partial charge in [-0.15, -0.1) is 0 Å². The van der Waals surface area contributed by atoms with Crippen molar-refractivity contribution in [1.29, 1.82) is 0 Å². The van der Waals surface area contributed by atoms with E-state index < -0.39 is 35.7 Å². The number of nitrogens with one attached hydrogen (secondary N) is 2. The lowest BCUT2D eigenvalue weighted by Crippen LogP contribution is -2.52. The highest BCUT2D eigenvalue weighted by Crippen LogP contribution is 2.44. The third-order valence-electron chi connectivity index (χ3n) is 6.46. The molecule has 0 saturated heterocycles. The van der Waals surface area contributed by atoms with Crippen molar-refractivity contribution in [3.05, 3.63) is 59.7 Å². The Balaban J connectivity index is 1.70. The first-order chi connectivity index (χ1) is 16.6. The van der Waals surface area contributed by atoms with Gasteiger partial charge < -0.3 is 25.2 Å². The van der Waals surface area contributed by atoms with E-state index in [0.29, 0.717) is 6.42 Å². The molecule has 3 rings (SSSR count). The van der Waals surface area contributed by atoms with Crippen LogP contribution in [0.2, 0.25) is 0 Å². The summed E-state index contributed by atoms with van der Waals surface area (Å²) < 4.78 is 11.0. The fraction of sp³-hybridized carbons (Fsp3) is 0.444. The summed E-state index contributed by atoms with van der Waals surface area (Å²) in [4.78, 5) is 36.9. The van der Waals surface area contributed by atoms with Crippen molar-refractivity contribution in [2.24, 2.45) is 0 Å². The third-order valence-corrected chi connectivity index (χ3v) is 6.46. The van der Waals surface area contributed by atoms with Crippen LogP contribution in [-0.4, -0.2) is 54.5 Å². The average Bonchev–Trinajstić information content (AvgIpc) is 3.15. The largest absolute Gasteiger partial charge is 0.481 e. The maximum absolute atomic E-state index is 13.0. The number of amides is 2. The molecule has 0 fully saturated rings. The smallest absolute Gasteiger partial charge is 0.407 e. The molecule has 2 unspecified atom stereocenters. The number of hydrogen-bond acceptors (Lipinski definition) is 5. The first-order valence-electron chi connectivity index (χ1n) is 11.8. The number of benzene rings is 2. The molecule has 1 aliphatic carbocycles. The Morgan fingerprint density at radius 3 is 2.09 bits per heavy atom. The molecule has 2 aromatic rings. The second-order valence-corrected chi connectivity index (χ2v) is 9.40. The lowest BCUT2D eigenvalue weighted by Gasteiger charge is -2.29. The van der Waals surface area contributed by atoms with E-state index in [4.69, 9.17) is 14.6 Å². The van der Waals surface area contributed by atoms with Gasteiger partial charge in [-0.05, 0) is 42.5 Å². The number of ether oxygens (including phenoxy) is 2. The second kappa shape index (κ2) is 11.4. The van der Waals surface area contributed by atoms with Crippen LogP contribution in [0.1, 0.15) is 57.1 Å². The molecule has 0 aromatic heterocycles. The zero-order valence-corrected chi connectivity index (χ0v) is 20.7. The van der Waals surface area contributed by atoms with Crippen LogP contribution >= 0.6 is 0 Å². The lowest BCUT2D eigenvalue weighted by atomic mass is 9.97. The van der Waals surface area contributed by atoms with Gasteiger partial charge in [-0.25, -0.2) is 4.79 Å². The van der Waals surface area contributed by atoms with Gasteiger partial charge in [0.05, 0.1) is 12.0 Å². The molecule has 2 atom stereocenters. The standard InChI is InChI=1S/C27H34N2O6/c1-5-17(14-24(30)31)28-25(32)23(15-27(2,3)34-4)29-26(33)35-16-22-20-12-8-6-10-18(20)19-11-7-9-13-21(19)22/h6-13,17,22-23H,5,14-16H2,1-4H3,(H,28,32)(H,29,33)(H,30,31). The predicted molar refractivity (Wildman–Crippen MR) is 132 cm³/mol. The summed E-state index contributed by atoms with van der Waals surface area (Å²) in [5.74, 6) is -1.58. The molecule has 0 heterocycles. The summed E-state index contributed by atoms with van der Waals surface area (Å²) in [6, 6.07) is 14.6. The molecule has 35 heavy (non-hydrogen) atoms. The highest BCUT2D eigenvalue weighted by Gasteiger charge is 2.32. The molecule has 2 aromatic carbocycles. The van der Waals surface area contributed by atoms with E-state index in [0.717, 1.165) is 22.3 Å². The lowest BCUT2D eigenvalue weighted by molar-refractivity contribution is -0.137. The van der Waals surface area contributed by atoms with Gasteiger partial charge >= 0.3 is 12.1 Å². The Morgan fingerprint density at radius 2 is 1.57 bits per heavy atom. The van der Waals surface area contributed by atoms with Crippen molar-refractivity contribution in [3.63, 3.8) is 0 Å². The summed E-state index contributed by atoms with van der Waals surface area (Å²) >= 11 is 0. The maximum atomic E-state index is 13.0. The molecular weight excluding hydrogens is 448 g/mol. The molecule has 2 amide bonds. The van der Waals surface area contributed by atoms with Crippen LogP contribution in [0.4, 0.5) is 4.79 Å². The Hall–Kier alpha value is -3.39. The van der Waals surface area contributed by atoms with Crippen molar-refractivity contribution in [1.82, 2.24) is 10.6 Å². The fourth-order valence-corrected chi connectivity index (χ4v) is 4.38. The van der Waals surface area contributed by atoms with Crippen LogP contribution in [0.15, 0.2) is 48.5 Å². The summed E-state index contributed by atoms with van der Waals surface area (Å²) in [7, 11) is 1.53. The van der Waals surface area contributed by atoms with E-state index in [1.54, 1.807) is 20.8 Å². The van der Waals surface area contributed by atoms with Crippen LogP contribution < -0.4 is 10.6 Å². The molecule has 0 aliphatic heterocycles. The monoisotopic (exact) mass is 482 g/mol. The highest BCUT2D eigenvalue weighted by molar-refractivity contribution is 5.86. The molecule has 0 radical (unpaired) electrons.